The van der Waals surface area contributed by atoms with Crippen molar-refractivity contribution >= 4 is 33.8 Å². The third-order valence-corrected chi connectivity index (χ3v) is 3.50. The van der Waals surface area contributed by atoms with Crippen LogP contribution in [0.4, 0.5) is 16.5 Å². The largest absolute Gasteiger partial charge is 0.380 e. The molecule has 1 aromatic heterocycles. The van der Waals surface area contributed by atoms with Crippen molar-refractivity contribution in [3.63, 3.8) is 0 Å². The maximum absolute atomic E-state index is 12.2. The van der Waals surface area contributed by atoms with Gasteiger partial charge in [-0.25, -0.2) is 4.98 Å². The quantitative estimate of drug-likeness (QED) is 0.653. The van der Waals surface area contributed by atoms with Crippen molar-refractivity contribution in [3.05, 3.63) is 45.0 Å². The van der Waals surface area contributed by atoms with Gasteiger partial charge in [-0.05, 0) is 26.0 Å². The Bertz CT molecular complexity index is 684. The third-order valence-electron chi connectivity index (χ3n) is 2.67. The summed E-state index contributed by atoms with van der Waals surface area (Å²) in [5.74, 6) is -0.546. The molecule has 1 aromatic carbocycles. The minimum absolute atomic E-state index is 0.00584. The zero-order valence-corrected chi connectivity index (χ0v) is 12.4. The number of aryl methyl sites for hydroxylation is 1. The van der Waals surface area contributed by atoms with Gasteiger partial charge in [-0.1, -0.05) is 6.07 Å². The van der Waals surface area contributed by atoms with E-state index in [2.05, 4.69) is 15.6 Å². The molecule has 0 fully saturated rings. The Kier molecular flexibility index (Phi) is 4.49. The molecule has 0 aliphatic rings. The minimum Gasteiger partial charge on any atom is -0.380 e. The van der Waals surface area contributed by atoms with Crippen LogP contribution in [-0.2, 0) is 0 Å². The van der Waals surface area contributed by atoms with E-state index in [9.17, 15) is 14.9 Å². The number of aromatic nitrogens is 1. The smallest absolute Gasteiger partial charge is 0.305 e. The van der Waals surface area contributed by atoms with Gasteiger partial charge < -0.3 is 5.32 Å². The predicted molar refractivity (Wildman–Crippen MR) is 82.1 cm³/mol. The van der Waals surface area contributed by atoms with Gasteiger partial charge in [-0.3, -0.25) is 20.2 Å². The highest BCUT2D eigenvalue weighted by atomic mass is 32.1. The number of amides is 1. The fourth-order valence-electron chi connectivity index (χ4n) is 1.83. The Morgan fingerprint density at radius 3 is 2.81 bits per heavy atom. The van der Waals surface area contributed by atoms with Crippen LogP contribution in [0.15, 0.2) is 24.4 Å². The molecule has 0 aliphatic heterocycles. The molecule has 0 atom stereocenters. The summed E-state index contributed by atoms with van der Waals surface area (Å²) in [6.07, 6.45) is 1.63. The summed E-state index contributed by atoms with van der Waals surface area (Å²) < 4.78 is 0. The van der Waals surface area contributed by atoms with Crippen molar-refractivity contribution in [2.75, 3.05) is 17.2 Å². The Morgan fingerprint density at radius 2 is 2.24 bits per heavy atom. The highest BCUT2D eigenvalue weighted by Crippen LogP contribution is 2.29. The lowest BCUT2D eigenvalue weighted by molar-refractivity contribution is -0.384. The fourth-order valence-corrected chi connectivity index (χ4v) is 2.49. The lowest BCUT2D eigenvalue weighted by atomic mass is 10.1. The van der Waals surface area contributed by atoms with Crippen LogP contribution in [0.1, 0.15) is 22.2 Å². The molecule has 1 amide bonds. The summed E-state index contributed by atoms with van der Waals surface area (Å²) >= 11 is 1.31. The normalized spacial score (nSPS) is 10.2. The van der Waals surface area contributed by atoms with Gasteiger partial charge in [-0.2, -0.15) is 0 Å². The molecule has 0 bridgehead atoms. The van der Waals surface area contributed by atoms with Gasteiger partial charge >= 0.3 is 5.69 Å². The molecule has 0 saturated carbocycles. The van der Waals surface area contributed by atoms with E-state index in [1.54, 1.807) is 18.3 Å². The number of benzene rings is 1. The molecule has 0 unspecified atom stereocenters. The van der Waals surface area contributed by atoms with E-state index in [1.807, 2.05) is 13.8 Å². The second kappa shape index (κ2) is 6.31. The van der Waals surface area contributed by atoms with E-state index < -0.39 is 10.8 Å². The van der Waals surface area contributed by atoms with Crippen LogP contribution in [0.3, 0.4) is 0 Å². The first-order valence-corrected chi connectivity index (χ1v) is 7.09. The summed E-state index contributed by atoms with van der Waals surface area (Å²) in [4.78, 5) is 27.9. The first kappa shape index (κ1) is 14.9. The molecule has 110 valence electrons. The molecular formula is C13H14N4O3S. The number of carbonyl (C=O) groups excluding carboxylic acids is 1. The van der Waals surface area contributed by atoms with Crippen LogP contribution in [0.25, 0.3) is 0 Å². The first-order chi connectivity index (χ1) is 10.0. The fraction of sp³-hybridized carbons (Fsp3) is 0.231. The molecule has 1 heterocycles. The summed E-state index contributed by atoms with van der Waals surface area (Å²) in [5.41, 5.74) is 0.0990. The van der Waals surface area contributed by atoms with Crippen molar-refractivity contribution in [2.24, 2.45) is 0 Å². The molecular weight excluding hydrogens is 292 g/mol. The number of thiazole rings is 1. The minimum atomic E-state index is -0.556. The van der Waals surface area contributed by atoms with Crippen molar-refractivity contribution in [2.45, 2.75) is 13.8 Å². The van der Waals surface area contributed by atoms with Crippen molar-refractivity contribution in [1.82, 2.24) is 4.98 Å². The van der Waals surface area contributed by atoms with E-state index in [0.29, 0.717) is 17.4 Å². The number of nitro groups is 1. The lowest BCUT2D eigenvalue weighted by Gasteiger charge is -2.08. The molecule has 2 rings (SSSR count). The second-order valence-electron chi connectivity index (χ2n) is 4.22. The molecule has 7 nitrogen and oxygen atoms in total. The van der Waals surface area contributed by atoms with Gasteiger partial charge in [0, 0.05) is 17.6 Å². The SMILES string of the molecule is CCNc1cccc(C(=O)Nc2ncc(C)s2)c1[N+](=O)[O-]. The summed E-state index contributed by atoms with van der Waals surface area (Å²) in [7, 11) is 0. The molecule has 8 heteroatoms. The van der Waals surface area contributed by atoms with E-state index >= 15 is 0 Å². The van der Waals surface area contributed by atoms with Crippen molar-refractivity contribution in [1.29, 1.82) is 0 Å². The average Bonchev–Trinajstić information content (AvgIpc) is 2.84. The summed E-state index contributed by atoms with van der Waals surface area (Å²) in [6, 6.07) is 4.60. The van der Waals surface area contributed by atoms with Crippen LogP contribution in [0.2, 0.25) is 0 Å². The second-order valence-corrected chi connectivity index (χ2v) is 5.45. The maximum Gasteiger partial charge on any atom is 0.305 e. The average molecular weight is 306 g/mol. The van der Waals surface area contributed by atoms with Crippen LogP contribution in [-0.4, -0.2) is 22.4 Å². The first-order valence-electron chi connectivity index (χ1n) is 6.28. The number of anilines is 2. The highest BCUT2D eigenvalue weighted by molar-refractivity contribution is 7.15. The molecule has 0 radical (unpaired) electrons. The van der Waals surface area contributed by atoms with Gasteiger partial charge in [0.05, 0.1) is 4.92 Å². The van der Waals surface area contributed by atoms with Crippen LogP contribution in [0.5, 0.6) is 0 Å². The maximum atomic E-state index is 12.2. The van der Waals surface area contributed by atoms with Crippen LogP contribution < -0.4 is 10.6 Å². The predicted octanol–water partition coefficient (Wildman–Crippen LogP) is 3.04. The number of nitro benzene ring substituents is 1. The van der Waals surface area contributed by atoms with E-state index in [-0.39, 0.29) is 11.3 Å². The Labute approximate surface area is 125 Å². The summed E-state index contributed by atoms with van der Waals surface area (Å²) in [6.45, 7) is 4.22. The number of nitrogens with one attached hydrogen (secondary N) is 2. The Balaban J connectivity index is 2.35. The third kappa shape index (κ3) is 3.34. The van der Waals surface area contributed by atoms with Crippen molar-refractivity contribution < 1.29 is 9.72 Å². The zero-order chi connectivity index (χ0) is 15.4. The van der Waals surface area contributed by atoms with E-state index in [0.717, 1.165) is 4.88 Å². The van der Waals surface area contributed by atoms with E-state index in [1.165, 1.54) is 17.4 Å². The standard InChI is InChI=1S/C13H14N4O3S/c1-3-14-10-6-4-5-9(11(10)17(19)20)12(18)16-13-15-7-8(2)21-13/h4-7,14H,3H2,1-2H3,(H,15,16,18). The molecule has 0 spiro atoms. The molecule has 2 N–H and O–H groups in total. The highest BCUT2D eigenvalue weighted by Gasteiger charge is 2.24. The van der Waals surface area contributed by atoms with Crippen LogP contribution >= 0.6 is 11.3 Å². The number of hydrogen-bond acceptors (Lipinski definition) is 6. The Hall–Kier alpha value is -2.48. The lowest BCUT2D eigenvalue weighted by Crippen LogP contribution is -2.15. The van der Waals surface area contributed by atoms with Gasteiger partial charge in [0.1, 0.15) is 11.3 Å². The number of nitrogens with zero attached hydrogens (tertiary/aromatic N) is 2. The van der Waals surface area contributed by atoms with Gasteiger partial charge in [0.2, 0.25) is 0 Å². The van der Waals surface area contributed by atoms with Crippen molar-refractivity contribution in [3.8, 4) is 0 Å². The Morgan fingerprint density at radius 1 is 1.48 bits per heavy atom. The molecule has 0 saturated heterocycles. The molecule has 0 aliphatic carbocycles. The van der Waals surface area contributed by atoms with E-state index in [4.69, 9.17) is 0 Å². The number of para-hydroxylation sites is 1. The topological polar surface area (TPSA) is 97.2 Å². The van der Waals surface area contributed by atoms with Crippen LogP contribution in [0, 0.1) is 17.0 Å². The van der Waals surface area contributed by atoms with Gasteiger partial charge in [0.15, 0.2) is 5.13 Å². The monoisotopic (exact) mass is 306 g/mol. The van der Waals surface area contributed by atoms with Gasteiger partial charge in [-0.15, -0.1) is 11.3 Å². The van der Waals surface area contributed by atoms with Gasteiger partial charge in [0.25, 0.3) is 5.91 Å². The molecule has 21 heavy (non-hydrogen) atoms. The number of carbonyl (C=O) groups is 1. The summed E-state index contributed by atoms with van der Waals surface area (Å²) in [5, 5.41) is 17.1. The number of hydrogen-bond donors (Lipinski definition) is 2. The molecule has 2 aromatic rings. The zero-order valence-electron chi connectivity index (χ0n) is 11.5. The number of rotatable bonds is 5.